The minimum absolute atomic E-state index is 0.228. The predicted molar refractivity (Wildman–Crippen MR) is 133 cm³/mol. The Kier molecular flexibility index (Phi) is 6.08. The Bertz CT molecular complexity index is 1140. The molecule has 4 aliphatic heterocycles. The number of ether oxygens (including phenoxy) is 2. The molecule has 0 aliphatic carbocycles. The molecule has 0 aromatic heterocycles. The van der Waals surface area contributed by atoms with Gasteiger partial charge in [0.25, 0.3) is 5.91 Å². The van der Waals surface area contributed by atoms with Gasteiger partial charge in [-0.15, -0.1) is 0 Å². The summed E-state index contributed by atoms with van der Waals surface area (Å²) in [7, 11) is 0. The number of esters is 1. The first-order valence-electron chi connectivity index (χ1n) is 12.7. The maximum Gasteiger partial charge on any atom is 0.313 e. The van der Waals surface area contributed by atoms with Gasteiger partial charge in [0.1, 0.15) is 17.6 Å². The molecule has 4 aliphatic rings. The maximum absolute atomic E-state index is 14.5. The summed E-state index contributed by atoms with van der Waals surface area (Å²) in [6, 6.07) is 4.24. The Hall–Kier alpha value is -2.97. The van der Waals surface area contributed by atoms with Gasteiger partial charge in [-0.25, -0.2) is 0 Å². The topological polar surface area (TPSA) is 96.4 Å². The van der Waals surface area contributed by atoms with Gasteiger partial charge < -0.3 is 24.4 Å². The second-order valence-electron chi connectivity index (χ2n) is 10.4. The zero-order valence-corrected chi connectivity index (χ0v) is 21.3. The first kappa shape index (κ1) is 24.7. The maximum atomic E-state index is 14.5. The second kappa shape index (κ2) is 8.85. The molecule has 1 aromatic rings. The number of cyclic esters (lactones) is 1. The smallest absolute Gasteiger partial charge is 0.313 e. The fourth-order valence-corrected chi connectivity index (χ4v) is 6.67. The molecule has 0 saturated carbocycles. The van der Waals surface area contributed by atoms with Crippen molar-refractivity contribution in [3.05, 3.63) is 53.6 Å². The van der Waals surface area contributed by atoms with E-state index in [2.05, 4.69) is 0 Å². The quantitative estimate of drug-likeness (QED) is 0.510. The van der Waals surface area contributed by atoms with Crippen molar-refractivity contribution in [2.45, 2.75) is 63.8 Å². The third-order valence-corrected chi connectivity index (χ3v) is 8.24. The van der Waals surface area contributed by atoms with Crippen LogP contribution in [0.15, 0.2) is 42.5 Å². The van der Waals surface area contributed by atoms with Crippen molar-refractivity contribution in [2.75, 3.05) is 24.7 Å². The lowest BCUT2D eigenvalue weighted by molar-refractivity contribution is -0.160. The first-order chi connectivity index (χ1) is 17.2. The molecule has 1 N–H and O–H groups in total. The number of hydrogen-bond donors (Lipinski definition) is 1. The van der Waals surface area contributed by atoms with Crippen molar-refractivity contribution < 1.29 is 29.0 Å². The molecule has 0 bridgehead atoms. The normalized spacial score (nSPS) is 34.5. The number of amides is 2. The van der Waals surface area contributed by atoms with E-state index in [1.165, 1.54) is 4.90 Å². The molecule has 192 valence electrons. The van der Waals surface area contributed by atoms with E-state index in [0.717, 1.165) is 16.8 Å². The number of aliphatic hydroxyl groups is 1. The SMILES string of the molecule is CC[C@@H](CO)N1C(=O)[C@@H]2[C@H]3C(=O)OCCC=C[C@@]3(C)O[C@@]23C=CCN(c2c(C)cccc2C)C(=O)C13. The Labute approximate surface area is 211 Å². The summed E-state index contributed by atoms with van der Waals surface area (Å²) in [5.41, 5.74) is 0.214. The molecular formula is C28H34N2O6. The Morgan fingerprint density at radius 2 is 1.81 bits per heavy atom. The number of rotatable bonds is 4. The van der Waals surface area contributed by atoms with Crippen LogP contribution in [0.1, 0.15) is 37.8 Å². The molecule has 5 rings (SSSR count). The minimum Gasteiger partial charge on any atom is -0.465 e. The summed E-state index contributed by atoms with van der Waals surface area (Å²) in [5, 5.41) is 10.2. The molecule has 2 saturated heterocycles. The number of carbonyl (C=O) groups is 3. The van der Waals surface area contributed by atoms with Gasteiger partial charge in [-0.3, -0.25) is 14.4 Å². The fraction of sp³-hybridized carbons (Fsp3) is 0.536. The van der Waals surface area contributed by atoms with Gasteiger partial charge in [0.05, 0.1) is 30.8 Å². The van der Waals surface area contributed by atoms with E-state index in [1.54, 1.807) is 11.8 Å². The first-order valence-corrected chi connectivity index (χ1v) is 12.7. The summed E-state index contributed by atoms with van der Waals surface area (Å²) in [4.78, 5) is 45.1. The van der Waals surface area contributed by atoms with Crippen LogP contribution in [0.2, 0.25) is 0 Å². The fourth-order valence-electron chi connectivity index (χ4n) is 6.67. The van der Waals surface area contributed by atoms with E-state index in [0.29, 0.717) is 19.4 Å². The molecule has 1 spiro atoms. The van der Waals surface area contributed by atoms with Crippen LogP contribution in [-0.4, -0.2) is 70.8 Å². The third kappa shape index (κ3) is 3.38. The molecule has 1 unspecified atom stereocenters. The van der Waals surface area contributed by atoms with E-state index in [9.17, 15) is 19.5 Å². The van der Waals surface area contributed by atoms with Crippen LogP contribution < -0.4 is 4.90 Å². The zero-order valence-electron chi connectivity index (χ0n) is 21.3. The standard InChI is InChI=1S/C28H34N2O6/c1-5-19(16-31)30-23-25(33)29(22-17(2)10-8-11-18(22)3)14-9-13-28(23)20(24(30)32)21-26(34)35-15-7-6-12-27(21,4)36-28/h6,8-13,19-21,23,31H,5,7,14-16H2,1-4H3/t19-,20-,21-,23?,27+,28-/m0/s1. The highest BCUT2D eigenvalue weighted by atomic mass is 16.6. The number of nitrogens with zero attached hydrogens (tertiary/aromatic N) is 2. The van der Waals surface area contributed by atoms with E-state index < -0.39 is 41.1 Å². The average molecular weight is 495 g/mol. The molecule has 36 heavy (non-hydrogen) atoms. The molecule has 4 heterocycles. The van der Waals surface area contributed by atoms with Crippen molar-refractivity contribution in [1.29, 1.82) is 0 Å². The summed E-state index contributed by atoms with van der Waals surface area (Å²) >= 11 is 0. The Morgan fingerprint density at radius 1 is 1.08 bits per heavy atom. The number of benzene rings is 1. The van der Waals surface area contributed by atoms with Crippen LogP contribution in [0.5, 0.6) is 0 Å². The highest BCUT2D eigenvalue weighted by molar-refractivity contribution is 6.06. The van der Waals surface area contributed by atoms with Gasteiger partial charge >= 0.3 is 5.97 Å². The highest BCUT2D eigenvalue weighted by Gasteiger charge is 2.75. The summed E-state index contributed by atoms with van der Waals surface area (Å²) in [5.74, 6) is -2.99. The Morgan fingerprint density at radius 3 is 2.47 bits per heavy atom. The van der Waals surface area contributed by atoms with Crippen LogP contribution in [0.3, 0.4) is 0 Å². The number of para-hydroxylation sites is 1. The number of fused-ring (bicyclic) bond motifs is 2. The lowest BCUT2D eigenvalue weighted by Gasteiger charge is -2.40. The van der Waals surface area contributed by atoms with Crippen LogP contribution >= 0.6 is 0 Å². The van der Waals surface area contributed by atoms with Crippen LogP contribution in [0.4, 0.5) is 5.69 Å². The zero-order chi connectivity index (χ0) is 25.8. The number of likely N-dealkylation sites (tertiary alicyclic amines) is 1. The van der Waals surface area contributed by atoms with Crippen molar-refractivity contribution in [3.63, 3.8) is 0 Å². The van der Waals surface area contributed by atoms with Crippen molar-refractivity contribution in [2.24, 2.45) is 11.8 Å². The molecule has 6 atom stereocenters. The largest absolute Gasteiger partial charge is 0.465 e. The van der Waals surface area contributed by atoms with Gasteiger partial charge in [0.2, 0.25) is 5.91 Å². The van der Waals surface area contributed by atoms with Gasteiger partial charge in [-0.1, -0.05) is 49.4 Å². The van der Waals surface area contributed by atoms with E-state index in [4.69, 9.17) is 9.47 Å². The van der Waals surface area contributed by atoms with Gasteiger partial charge in [0, 0.05) is 12.2 Å². The van der Waals surface area contributed by atoms with Gasteiger partial charge in [-0.05, 0) is 44.7 Å². The molecule has 8 nitrogen and oxygen atoms in total. The van der Waals surface area contributed by atoms with E-state index in [1.807, 2.05) is 63.3 Å². The summed E-state index contributed by atoms with van der Waals surface area (Å²) in [6.45, 7) is 7.81. The number of hydrogen-bond acceptors (Lipinski definition) is 6. The number of aryl methyl sites for hydroxylation is 2. The third-order valence-electron chi connectivity index (χ3n) is 8.24. The summed E-state index contributed by atoms with van der Waals surface area (Å²) < 4.78 is 12.3. The second-order valence-corrected chi connectivity index (χ2v) is 10.4. The van der Waals surface area contributed by atoms with E-state index in [-0.39, 0.29) is 25.0 Å². The molecule has 0 radical (unpaired) electrons. The average Bonchev–Trinajstić information content (AvgIpc) is 3.15. The van der Waals surface area contributed by atoms with Crippen molar-refractivity contribution >= 4 is 23.5 Å². The number of aliphatic hydroxyl groups excluding tert-OH is 1. The molecule has 2 amide bonds. The molecule has 2 fully saturated rings. The lowest BCUT2D eigenvalue weighted by Crippen LogP contribution is -2.59. The summed E-state index contributed by atoms with van der Waals surface area (Å²) in [6.07, 6.45) is 8.43. The molecular weight excluding hydrogens is 460 g/mol. The van der Waals surface area contributed by atoms with Crippen LogP contribution in [0.25, 0.3) is 0 Å². The monoisotopic (exact) mass is 494 g/mol. The van der Waals surface area contributed by atoms with Crippen LogP contribution in [-0.2, 0) is 23.9 Å². The van der Waals surface area contributed by atoms with Crippen LogP contribution in [0, 0.1) is 25.7 Å². The lowest BCUT2D eigenvalue weighted by atomic mass is 9.74. The van der Waals surface area contributed by atoms with Gasteiger partial charge in [-0.2, -0.15) is 0 Å². The Balaban J connectivity index is 1.71. The highest BCUT2D eigenvalue weighted by Crippen LogP contribution is 2.57. The number of anilines is 1. The molecule has 1 aromatic carbocycles. The van der Waals surface area contributed by atoms with Crippen molar-refractivity contribution in [1.82, 2.24) is 4.90 Å². The van der Waals surface area contributed by atoms with Gasteiger partial charge in [0.15, 0.2) is 0 Å². The van der Waals surface area contributed by atoms with E-state index >= 15 is 0 Å². The molecule has 8 heteroatoms. The number of carbonyl (C=O) groups excluding carboxylic acids is 3. The predicted octanol–water partition coefficient (Wildman–Crippen LogP) is 2.45. The van der Waals surface area contributed by atoms with Crippen molar-refractivity contribution in [3.8, 4) is 0 Å². The minimum atomic E-state index is -1.37.